The SMILES string of the molecule is CO.CO[C@@]1(C2CCCCN2C)CCN(C2CC(F)C(SNc3cccc(F)n3)C(F)=C2Cl)C1. The van der Waals surface area contributed by atoms with E-state index in [9.17, 15) is 4.39 Å². The third kappa shape index (κ3) is 5.84. The Labute approximate surface area is 209 Å². The predicted octanol–water partition coefficient (Wildman–Crippen LogP) is 4.36. The lowest BCUT2D eigenvalue weighted by atomic mass is 9.85. The topological polar surface area (TPSA) is 60.9 Å². The van der Waals surface area contributed by atoms with Gasteiger partial charge in [-0.2, -0.15) is 4.39 Å². The molecule has 5 atom stereocenters. The highest BCUT2D eigenvalue weighted by Crippen LogP contribution is 2.43. The number of halogens is 4. The first kappa shape index (κ1) is 27.5. The fourth-order valence-electron chi connectivity index (χ4n) is 5.33. The van der Waals surface area contributed by atoms with E-state index in [2.05, 4.69) is 26.6 Å². The fraction of sp³-hybridized carbons (Fsp3) is 0.696. The van der Waals surface area contributed by atoms with Crippen LogP contribution >= 0.6 is 23.5 Å². The number of alkyl halides is 1. The van der Waals surface area contributed by atoms with Crippen molar-refractivity contribution in [2.75, 3.05) is 45.6 Å². The Morgan fingerprint density at radius 1 is 1.26 bits per heavy atom. The molecule has 4 rings (SSSR count). The Bertz CT molecular complexity index is 854. The zero-order valence-electron chi connectivity index (χ0n) is 19.8. The van der Waals surface area contributed by atoms with Gasteiger partial charge >= 0.3 is 0 Å². The Morgan fingerprint density at radius 2 is 2.03 bits per heavy atom. The van der Waals surface area contributed by atoms with E-state index in [1.807, 2.05) is 0 Å². The molecule has 192 valence electrons. The highest BCUT2D eigenvalue weighted by atomic mass is 35.5. The smallest absolute Gasteiger partial charge is 0.214 e. The molecule has 1 aromatic heterocycles. The molecule has 0 aromatic carbocycles. The van der Waals surface area contributed by atoms with Gasteiger partial charge in [0.2, 0.25) is 5.95 Å². The standard InChI is InChI=1S/C22H30ClF3N4OS.CH4O/c1-29-10-4-3-6-16(29)22(31-2)9-11-30(13-22)15-12-14(24)21(20(26)19(15)23)32-28-18-8-5-7-17(25)27-18;1-2/h5,7-8,14-16,21H,3-4,6,9-13H2,1-2H3,(H,27,28);2H,1H3/t14?,15?,16?,21?,22-;/m0./s1. The van der Waals surface area contributed by atoms with Gasteiger partial charge in [0, 0.05) is 39.8 Å². The lowest BCUT2D eigenvalue weighted by Gasteiger charge is -2.45. The first-order chi connectivity index (χ1) is 16.3. The van der Waals surface area contributed by atoms with E-state index in [-0.39, 0.29) is 28.9 Å². The molecule has 34 heavy (non-hydrogen) atoms. The number of rotatable bonds is 6. The van der Waals surface area contributed by atoms with Crippen LogP contribution in [0.4, 0.5) is 19.0 Å². The Balaban J connectivity index is 0.00000158. The molecule has 0 spiro atoms. The van der Waals surface area contributed by atoms with E-state index in [1.165, 1.54) is 24.6 Å². The zero-order valence-corrected chi connectivity index (χ0v) is 21.4. The summed E-state index contributed by atoms with van der Waals surface area (Å²) in [5.41, 5.74) is -0.356. The van der Waals surface area contributed by atoms with Crippen LogP contribution in [-0.4, -0.2) is 89.9 Å². The Hall–Kier alpha value is -1.04. The molecule has 2 fully saturated rings. The molecule has 0 bridgehead atoms. The van der Waals surface area contributed by atoms with Crippen LogP contribution in [0.15, 0.2) is 29.1 Å². The van der Waals surface area contributed by atoms with E-state index in [0.29, 0.717) is 13.1 Å². The largest absolute Gasteiger partial charge is 0.400 e. The van der Waals surface area contributed by atoms with Crippen molar-refractivity contribution in [1.29, 1.82) is 0 Å². The van der Waals surface area contributed by atoms with E-state index >= 15 is 8.78 Å². The second-order valence-corrected chi connectivity index (χ2v) is 10.3. The number of aromatic nitrogens is 1. The minimum atomic E-state index is -1.44. The molecular weight excluding hydrogens is 489 g/mol. The van der Waals surface area contributed by atoms with Gasteiger partial charge in [0.15, 0.2) is 0 Å². The number of hydrogen-bond acceptors (Lipinski definition) is 7. The van der Waals surface area contributed by atoms with Crippen molar-refractivity contribution >= 4 is 29.4 Å². The molecule has 1 aliphatic carbocycles. The molecule has 6 nitrogen and oxygen atoms in total. The molecule has 11 heteroatoms. The number of nitrogens with zero attached hydrogens (tertiary/aromatic N) is 3. The van der Waals surface area contributed by atoms with Crippen molar-refractivity contribution in [3.8, 4) is 0 Å². The summed E-state index contributed by atoms with van der Waals surface area (Å²) in [7, 11) is 4.86. The number of piperidine rings is 1. The summed E-state index contributed by atoms with van der Waals surface area (Å²) in [4.78, 5) is 8.09. The molecule has 3 aliphatic rings. The Morgan fingerprint density at radius 3 is 2.71 bits per heavy atom. The minimum Gasteiger partial charge on any atom is -0.400 e. The number of likely N-dealkylation sites (N-methyl/N-ethyl adjacent to an activating group) is 1. The lowest BCUT2D eigenvalue weighted by molar-refractivity contribution is -0.0776. The van der Waals surface area contributed by atoms with Crippen LogP contribution < -0.4 is 4.72 Å². The summed E-state index contributed by atoms with van der Waals surface area (Å²) in [5.74, 6) is -1.13. The summed E-state index contributed by atoms with van der Waals surface area (Å²) in [6, 6.07) is 4.00. The zero-order chi connectivity index (χ0) is 24.9. The first-order valence-corrected chi connectivity index (χ1v) is 12.8. The van der Waals surface area contributed by atoms with Crippen LogP contribution in [0.2, 0.25) is 0 Å². The second kappa shape index (κ2) is 12.3. The average molecular weight is 523 g/mol. The summed E-state index contributed by atoms with van der Waals surface area (Å²) in [6.07, 6.45) is 2.87. The molecule has 1 aromatic rings. The summed E-state index contributed by atoms with van der Waals surface area (Å²) >= 11 is 7.29. The van der Waals surface area contributed by atoms with Crippen molar-refractivity contribution in [3.05, 3.63) is 35.0 Å². The molecule has 0 radical (unpaired) electrons. The number of likely N-dealkylation sites (tertiary alicyclic amines) is 2. The molecule has 2 aliphatic heterocycles. The molecule has 0 saturated carbocycles. The maximum absolute atomic E-state index is 15.2. The van der Waals surface area contributed by atoms with Gasteiger partial charge in [0.1, 0.15) is 23.1 Å². The quantitative estimate of drug-likeness (QED) is 0.425. The third-order valence-electron chi connectivity index (χ3n) is 7.07. The fourth-order valence-corrected chi connectivity index (χ4v) is 6.59. The molecular formula is C23H34ClF3N4O2S. The maximum Gasteiger partial charge on any atom is 0.214 e. The highest BCUT2D eigenvalue weighted by Gasteiger charge is 2.50. The van der Waals surface area contributed by atoms with E-state index in [0.717, 1.165) is 44.9 Å². The molecule has 4 unspecified atom stereocenters. The van der Waals surface area contributed by atoms with Gasteiger partial charge < -0.3 is 19.5 Å². The van der Waals surface area contributed by atoms with Crippen LogP contribution in [0, 0.1) is 5.95 Å². The van der Waals surface area contributed by atoms with Gasteiger partial charge in [0.25, 0.3) is 0 Å². The van der Waals surface area contributed by atoms with Gasteiger partial charge in [-0.3, -0.25) is 4.90 Å². The number of nitrogens with one attached hydrogen (secondary N) is 1. The summed E-state index contributed by atoms with van der Waals surface area (Å²) < 4.78 is 52.3. The summed E-state index contributed by atoms with van der Waals surface area (Å²) in [6.45, 7) is 2.32. The van der Waals surface area contributed by atoms with Gasteiger partial charge in [-0.1, -0.05) is 24.1 Å². The number of pyridine rings is 1. The van der Waals surface area contributed by atoms with Crippen molar-refractivity contribution in [2.45, 2.75) is 61.2 Å². The molecule has 3 heterocycles. The summed E-state index contributed by atoms with van der Waals surface area (Å²) in [5, 5.41) is 5.94. The lowest BCUT2D eigenvalue weighted by Crippen LogP contribution is -2.56. The number of methoxy groups -OCH3 is 1. The first-order valence-electron chi connectivity index (χ1n) is 11.5. The van der Waals surface area contributed by atoms with Crippen LogP contribution in [0.1, 0.15) is 32.1 Å². The number of ether oxygens (including phenoxy) is 1. The van der Waals surface area contributed by atoms with Crippen molar-refractivity contribution < 1.29 is 23.0 Å². The highest BCUT2D eigenvalue weighted by molar-refractivity contribution is 8.01. The number of aliphatic hydroxyl groups excluding tert-OH is 1. The van der Waals surface area contributed by atoms with Gasteiger partial charge in [0.05, 0.1) is 16.7 Å². The van der Waals surface area contributed by atoms with Crippen molar-refractivity contribution in [1.82, 2.24) is 14.8 Å². The normalized spacial score (nSPS) is 32.9. The monoisotopic (exact) mass is 522 g/mol. The Kier molecular flexibility index (Phi) is 9.94. The van der Waals surface area contributed by atoms with Gasteiger partial charge in [-0.25, -0.2) is 13.8 Å². The number of hydrogen-bond donors (Lipinski definition) is 2. The van der Waals surface area contributed by atoms with Crippen molar-refractivity contribution in [2.24, 2.45) is 0 Å². The molecule has 2 saturated heterocycles. The van der Waals surface area contributed by atoms with Gasteiger partial charge in [-0.05, 0) is 56.9 Å². The maximum atomic E-state index is 15.2. The van der Waals surface area contributed by atoms with Crippen molar-refractivity contribution in [3.63, 3.8) is 0 Å². The average Bonchev–Trinajstić information content (AvgIpc) is 3.28. The van der Waals surface area contributed by atoms with Crippen LogP contribution in [-0.2, 0) is 4.74 Å². The predicted molar refractivity (Wildman–Crippen MR) is 131 cm³/mol. The number of aliphatic hydroxyl groups is 1. The van der Waals surface area contributed by atoms with Gasteiger partial charge in [-0.15, -0.1) is 0 Å². The van der Waals surface area contributed by atoms with E-state index < -0.39 is 29.2 Å². The van der Waals surface area contributed by atoms with Crippen LogP contribution in [0.5, 0.6) is 0 Å². The van der Waals surface area contributed by atoms with Crippen LogP contribution in [0.3, 0.4) is 0 Å². The molecule has 0 amide bonds. The third-order valence-corrected chi connectivity index (χ3v) is 8.59. The molecule has 2 N–H and O–H groups in total. The van der Waals surface area contributed by atoms with E-state index in [1.54, 1.807) is 7.11 Å². The minimum absolute atomic E-state index is 0.0503. The number of anilines is 1. The second-order valence-electron chi connectivity index (χ2n) is 8.93. The van der Waals surface area contributed by atoms with E-state index in [4.69, 9.17) is 21.4 Å². The van der Waals surface area contributed by atoms with Crippen LogP contribution in [0.25, 0.3) is 0 Å².